The minimum atomic E-state index is -4.29. The standard InChI is InChI=1S/C21H16Cl3NO4S/c1-13-3-7-16(8-4-13)30(27,28)25(15-6-10-20(29-2)19(24)12-15)21(26)17-9-5-14(22)11-18(17)23/h3-12H,1-2H3. The van der Waals surface area contributed by atoms with Crippen molar-refractivity contribution in [1.29, 1.82) is 0 Å². The van der Waals surface area contributed by atoms with Crippen LogP contribution in [0.5, 0.6) is 5.75 Å². The van der Waals surface area contributed by atoms with Gasteiger partial charge in [0.1, 0.15) is 5.75 Å². The Bertz CT molecular complexity index is 1210. The SMILES string of the molecule is COc1ccc(N(C(=O)c2ccc(Cl)cc2Cl)S(=O)(=O)c2ccc(C)cc2)cc1Cl. The summed E-state index contributed by atoms with van der Waals surface area (Å²) in [6.07, 6.45) is 0. The van der Waals surface area contributed by atoms with Crippen LogP contribution in [-0.4, -0.2) is 21.4 Å². The first-order valence-corrected chi connectivity index (χ1v) is 11.2. The number of rotatable bonds is 5. The second kappa shape index (κ2) is 8.86. The van der Waals surface area contributed by atoms with Crippen molar-refractivity contribution in [2.45, 2.75) is 11.8 Å². The Kier molecular flexibility index (Phi) is 6.62. The fourth-order valence-electron chi connectivity index (χ4n) is 2.73. The van der Waals surface area contributed by atoms with Gasteiger partial charge in [-0.15, -0.1) is 0 Å². The first kappa shape index (κ1) is 22.4. The van der Waals surface area contributed by atoms with E-state index in [2.05, 4.69) is 0 Å². The average molecular weight is 485 g/mol. The lowest BCUT2D eigenvalue weighted by Gasteiger charge is -2.24. The van der Waals surface area contributed by atoms with E-state index in [1.165, 1.54) is 55.6 Å². The number of amides is 1. The van der Waals surface area contributed by atoms with Crippen LogP contribution in [0, 0.1) is 6.92 Å². The van der Waals surface area contributed by atoms with Gasteiger partial charge in [-0.25, -0.2) is 8.42 Å². The molecule has 0 aliphatic carbocycles. The molecule has 5 nitrogen and oxygen atoms in total. The average Bonchev–Trinajstić information content (AvgIpc) is 2.68. The molecule has 0 atom stereocenters. The molecule has 9 heteroatoms. The normalized spacial score (nSPS) is 11.2. The molecule has 0 N–H and O–H groups in total. The minimum absolute atomic E-state index is 0.0243. The third kappa shape index (κ3) is 4.42. The van der Waals surface area contributed by atoms with Crippen LogP contribution in [0.25, 0.3) is 0 Å². The van der Waals surface area contributed by atoms with Gasteiger partial charge in [0, 0.05) is 5.02 Å². The van der Waals surface area contributed by atoms with Gasteiger partial charge in [0.05, 0.1) is 33.3 Å². The maximum absolute atomic E-state index is 13.5. The Labute approximate surface area is 189 Å². The zero-order chi connectivity index (χ0) is 22.1. The molecule has 3 rings (SSSR count). The zero-order valence-electron chi connectivity index (χ0n) is 15.9. The van der Waals surface area contributed by atoms with Crippen LogP contribution in [-0.2, 0) is 10.0 Å². The molecule has 0 aliphatic heterocycles. The lowest BCUT2D eigenvalue weighted by Crippen LogP contribution is -2.37. The Hall–Kier alpha value is -2.25. The molecule has 3 aromatic carbocycles. The molecule has 30 heavy (non-hydrogen) atoms. The van der Waals surface area contributed by atoms with Crippen LogP contribution >= 0.6 is 34.8 Å². The van der Waals surface area contributed by atoms with E-state index in [0.717, 1.165) is 5.56 Å². The fourth-order valence-corrected chi connectivity index (χ4v) is 4.87. The van der Waals surface area contributed by atoms with Gasteiger partial charge in [-0.2, -0.15) is 4.31 Å². The van der Waals surface area contributed by atoms with E-state index in [-0.39, 0.29) is 26.2 Å². The lowest BCUT2D eigenvalue weighted by molar-refractivity contribution is 0.101. The highest BCUT2D eigenvalue weighted by Gasteiger charge is 2.33. The number of hydrogen-bond acceptors (Lipinski definition) is 4. The number of ether oxygens (including phenoxy) is 1. The Balaban J connectivity index is 2.21. The summed E-state index contributed by atoms with van der Waals surface area (Å²) in [4.78, 5) is 13.3. The molecule has 0 unspecified atom stereocenters. The molecule has 0 saturated carbocycles. The van der Waals surface area contributed by atoms with E-state index in [9.17, 15) is 13.2 Å². The van der Waals surface area contributed by atoms with Crippen LogP contribution in [0.4, 0.5) is 5.69 Å². The summed E-state index contributed by atoms with van der Waals surface area (Å²) in [5.74, 6) is -0.511. The van der Waals surface area contributed by atoms with Crippen molar-refractivity contribution in [2.24, 2.45) is 0 Å². The number of halogens is 3. The first-order chi connectivity index (χ1) is 14.1. The number of anilines is 1. The molecule has 0 aromatic heterocycles. The number of carbonyl (C=O) groups excluding carboxylic acids is 1. The highest BCUT2D eigenvalue weighted by atomic mass is 35.5. The van der Waals surface area contributed by atoms with E-state index in [1.54, 1.807) is 12.1 Å². The van der Waals surface area contributed by atoms with Gasteiger partial charge in [0.25, 0.3) is 15.9 Å². The lowest BCUT2D eigenvalue weighted by atomic mass is 10.2. The van der Waals surface area contributed by atoms with Crippen molar-refractivity contribution < 1.29 is 17.9 Å². The van der Waals surface area contributed by atoms with Crippen molar-refractivity contribution >= 4 is 56.4 Å². The molecule has 156 valence electrons. The fraction of sp³-hybridized carbons (Fsp3) is 0.0952. The predicted molar refractivity (Wildman–Crippen MR) is 120 cm³/mol. The molecule has 0 bridgehead atoms. The number of nitrogens with zero attached hydrogens (tertiary/aromatic N) is 1. The monoisotopic (exact) mass is 483 g/mol. The van der Waals surface area contributed by atoms with Crippen molar-refractivity contribution in [3.8, 4) is 5.75 Å². The summed E-state index contributed by atoms with van der Waals surface area (Å²) in [7, 11) is -2.86. The summed E-state index contributed by atoms with van der Waals surface area (Å²) in [6.45, 7) is 1.83. The number of benzene rings is 3. The van der Waals surface area contributed by atoms with Crippen molar-refractivity contribution in [3.05, 3.63) is 86.9 Å². The maximum atomic E-state index is 13.5. The molecule has 1 amide bonds. The Morgan fingerprint density at radius 2 is 1.57 bits per heavy atom. The molecular weight excluding hydrogens is 469 g/mol. The quantitative estimate of drug-likeness (QED) is 0.445. The largest absolute Gasteiger partial charge is 0.495 e. The number of methoxy groups -OCH3 is 1. The highest BCUT2D eigenvalue weighted by Crippen LogP contribution is 2.34. The second-order valence-electron chi connectivity index (χ2n) is 6.33. The maximum Gasteiger partial charge on any atom is 0.273 e. The number of aryl methyl sites for hydroxylation is 1. The Morgan fingerprint density at radius 1 is 0.900 bits per heavy atom. The number of carbonyl (C=O) groups is 1. The van der Waals surface area contributed by atoms with Gasteiger partial charge >= 0.3 is 0 Å². The van der Waals surface area contributed by atoms with Gasteiger partial charge < -0.3 is 4.74 Å². The number of sulfonamides is 1. The summed E-state index contributed by atoms with van der Waals surface area (Å²) >= 11 is 18.3. The summed E-state index contributed by atoms with van der Waals surface area (Å²) in [5.41, 5.74) is 0.890. The third-order valence-corrected chi connectivity index (χ3v) is 6.84. The van der Waals surface area contributed by atoms with Crippen LogP contribution in [0.2, 0.25) is 15.1 Å². The Morgan fingerprint density at radius 3 is 2.13 bits per heavy atom. The van der Waals surface area contributed by atoms with E-state index >= 15 is 0 Å². The van der Waals surface area contributed by atoms with Crippen LogP contribution in [0.1, 0.15) is 15.9 Å². The van der Waals surface area contributed by atoms with Gasteiger partial charge in [-0.05, 0) is 55.5 Å². The number of hydrogen-bond donors (Lipinski definition) is 0. The molecule has 0 fully saturated rings. The molecule has 0 saturated heterocycles. The van der Waals surface area contributed by atoms with Crippen molar-refractivity contribution in [1.82, 2.24) is 0 Å². The molecular formula is C21H16Cl3NO4S. The van der Waals surface area contributed by atoms with Gasteiger partial charge in [0.15, 0.2) is 0 Å². The van der Waals surface area contributed by atoms with Gasteiger partial charge in [-0.1, -0.05) is 52.5 Å². The van der Waals surface area contributed by atoms with Crippen LogP contribution < -0.4 is 9.04 Å². The van der Waals surface area contributed by atoms with Gasteiger partial charge in [0.2, 0.25) is 0 Å². The third-order valence-electron chi connectivity index (χ3n) is 4.28. The molecule has 0 radical (unpaired) electrons. The van der Waals surface area contributed by atoms with Gasteiger partial charge in [-0.3, -0.25) is 4.79 Å². The minimum Gasteiger partial charge on any atom is -0.495 e. The molecule has 3 aromatic rings. The smallest absolute Gasteiger partial charge is 0.273 e. The zero-order valence-corrected chi connectivity index (χ0v) is 19.0. The van der Waals surface area contributed by atoms with E-state index < -0.39 is 15.9 Å². The van der Waals surface area contributed by atoms with Crippen molar-refractivity contribution in [2.75, 3.05) is 11.4 Å². The molecule has 0 heterocycles. The van der Waals surface area contributed by atoms with E-state index in [4.69, 9.17) is 39.5 Å². The van der Waals surface area contributed by atoms with E-state index in [1.807, 2.05) is 6.92 Å². The highest BCUT2D eigenvalue weighted by molar-refractivity contribution is 7.93. The predicted octanol–water partition coefficient (Wildman–Crippen LogP) is 6.00. The summed E-state index contributed by atoms with van der Waals surface area (Å²) in [5, 5.41) is 0.488. The van der Waals surface area contributed by atoms with Crippen molar-refractivity contribution in [3.63, 3.8) is 0 Å². The van der Waals surface area contributed by atoms with Crippen LogP contribution in [0.3, 0.4) is 0 Å². The summed E-state index contributed by atoms with van der Waals surface area (Å²) in [6, 6.07) is 14.6. The molecule has 0 aliphatic rings. The summed E-state index contributed by atoms with van der Waals surface area (Å²) < 4.78 is 32.7. The molecule has 0 spiro atoms. The van der Waals surface area contributed by atoms with Crippen LogP contribution in [0.15, 0.2) is 65.6 Å². The topological polar surface area (TPSA) is 63.7 Å². The van der Waals surface area contributed by atoms with E-state index in [0.29, 0.717) is 15.1 Å². The first-order valence-electron chi connectivity index (χ1n) is 8.60. The second-order valence-corrected chi connectivity index (χ2v) is 9.37.